The number of benzene rings is 1. The molecular formula is C13H20N2O3. The van der Waals surface area contributed by atoms with Crippen LogP contribution in [0, 0.1) is 0 Å². The van der Waals surface area contributed by atoms with E-state index in [1.54, 1.807) is 18.2 Å². The quantitative estimate of drug-likeness (QED) is 0.569. The third-order valence-electron chi connectivity index (χ3n) is 2.32. The number of hydrogen-bond acceptors (Lipinski definition) is 4. The molecule has 0 aromatic heterocycles. The molecule has 3 N–H and O–H groups in total. The maximum absolute atomic E-state index is 12.0. The van der Waals surface area contributed by atoms with Gasteiger partial charge in [-0.15, -0.1) is 0 Å². The van der Waals surface area contributed by atoms with Gasteiger partial charge in [0.2, 0.25) is 0 Å². The van der Waals surface area contributed by atoms with Crippen LogP contribution in [0.4, 0.5) is 5.69 Å². The van der Waals surface area contributed by atoms with E-state index in [-0.39, 0.29) is 5.91 Å². The molecule has 1 aromatic carbocycles. The highest BCUT2D eigenvalue weighted by Gasteiger charge is 2.15. The Balaban J connectivity index is 2.71. The van der Waals surface area contributed by atoms with Crippen LogP contribution < -0.4 is 15.8 Å². The lowest BCUT2D eigenvalue weighted by molar-refractivity contribution is 0.0920. The summed E-state index contributed by atoms with van der Waals surface area (Å²) in [6, 6.07) is 5.18. The third-order valence-corrected chi connectivity index (χ3v) is 2.32. The summed E-state index contributed by atoms with van der Waals surface area (Å²) in [5.74, 6) is 0.266. The number of amides is 1. The molecule has 0 aliphatic rings. The van der Waals surface area contributed by atoms with Gasteiger partial charge in [0.05, 0.1) is 13.2 Å². The van der Waals surface area contributed by atoms with Crippen LogP contribution in [-0.2, 0) is 4.74 Å². The minimum Gasteiger partial charge on any atom is -0.493 e. The summed E-state index contributed by atoms with van der Waals surface area (Å²) in [6.45, 7) is 5.83. The Kier molecular flexibility index (Phi) is 6.00. The first-order valence-corrected chi connectivity index (χ1v) is 6.07. The first kappa shape index (κ1) is 14.3. The fraction of sp³-hybridized carbons (Fsp3) is 0.462. The van der Waals surface area contributed by atoms with Crippen LogP contribution in [0.2, 0.25) is 0 Å². The van der Waals surface area contributed by atoms with Crippen LogP contribution in [0.3, 0.4) is 0 Å². The van der Waals surface area contributed by atoms with Crippen molar-refractivity contribution in [3.63, 3.8) is 0 Å². The molecule has 0 aliphatic heterocycles. The zero-order chi connectivity index (χ0) is 13.4. The molecule has 0 fully saturated rings. The standard InChI is InChI=1S/C13H20N2O3/c1-3-17-9-8-15-13(16)12-10(14)6-5-7-11(12)18-4-2/h5-7H,3-4,8-9,14H2,1-2H3,(H,15,16). The Morgan fingerprint density at radius 3 is 2.78 bits per heavy atom. The first-order valence-electron chi connectivity index (χ1n) is 6.07. The maximum atomic E-state index is 12.0. The van der Waals surface area contributed by atoms with Gasteiger partial charge in [-0.1, -0.05) is 6.07 Å². The smallest absolute Gasteiger partial charge is 0.257 e. The van der Waals surface area contributed by atoms with Gasteiger partial charge in [0, 0.05) is 18.8 Å². The minimum absolute atomic E-state index is 0.240. The van der Waals surface area contributed by atoms with Gasteiger partial charge in [-0.05, 0) is 26.0 Å². The SMILES string of the molecule is CCOCCNC(=O)c1c(N)cccc1OCC. The number of carbonyl (C=O) groups is 1. The summed E-state index contributed by atoms with van der Waals surface area (Å²) >= 11 is 0. The van der Waals surface area contributed by atoms with Crippen molar-refractivity contribution in [1.29, 1.82) is 0 Å². The maximum Gasteiger partial charge on any atom is 0.257 e. The van der Waals surface area contributed by atoms with Gasteiger partial charge >= 0.3 is 0 Å². The van der Waals surface area contributed by atoms with E-state index in [1.165, 1.54) is 0 Å². The summed E-state index contributed by atoms with van der Waals surface area (Å²) in [5.41, 5.74) is 6.61. The van der Waals surface area contributed by atoms with Crippen LogP contribution in [0.5, 0.6) is 5.75 Å². The van der Waals surface area contributed by atoms with Crippen molar-refractivity contribution in [3.05, 3.63) is 23.8 Å². The lowest BCUT2D eigenvalue weighted by Crippen LogP contribution is -2.28. The Bertz CT molecular complexity index is 394. The van der Waals surface area contributed by atoms with Crippen molar-refractivity contribution in [1.82, 2.24) is 5.32 Å². The average Bonchev–Trinajstić information content (AvgIpc) is 2.35. The van der Waals surface area contributed by atoms with E-state index in [0.717, 1.165) is 0 Å². The van der Waals surface area contributed by atoms with Gasteiger partial charge in [0.15, 0.2) is 0 Å². The van der Waals surface area contributed by atoms with E-state index < -0.39 is 0 Å². The van der Waals surface area contributed by atoms with Crippen molar-refractivity contribution >= 4 is 11.6 Å². The zero-order valence-electron chi connectivity index (χ0n) is 10.9. The number of hydrogen-bond donors (Lipinski definition) is 2. The fourth-order valence-electron chi connectivity index (χ4n) is 1.54. The Labute approximate surface area is 107 Å². The molecule has 0 unspecified atom stereocenters. The normalized spacial score (nSPS) is 10.1. The molecule has 0 saturated heterocycles. The van der Waals surface area contributed by atoms with Crippen LogP contribution in [-0.4, -0.2) is 32.3 Å². The Morgan fingerprint density at radius 2 is 2.11 bits per heavy atom. The fourth-order valence-corrected chi connectivity index (χ4v) is 1.54. The molecule has 0 aliphatic carbocycles. The van der Waals surface area contributed by atoms with E-state index in [9.17, 15) is 4.79 Å². The monoisotopic (exact) mass is 252 g/mol. The number of nitrogens with two attached hydrogens (primary N) is 1. The van der Waals surface area contributed by atoms with Gasteiger partial charge in [-0.2, -0.15) is 0 Å². The topological polar surface area (TPSA) is 73.6 Å². The molecule has 0 spiro atoms. The van der Waals surface area contributed by atoms with Gasteiger partial charge in [0.1, 0.15) is 11.3 Å². The minimum atomic E-state index is -0.240. The number of ether oxygens (including phenoxy) is 2. The molecular weight excluding hydrogens is 232 g/mol. The zero-order valence-corrected chi connectivity index (χ0v) is 10.9. The number of nitrogens with one attached hydrogen (secondary N) is 1. The van der Waals surface area contributed by atoms with Gasteiger partial charge in [-0.3, -0.25) is 4.79 Å². The van der Waals surface area contributed by atoms with Crippen molar-refractivity contribution in [2.24, 2.45) is 0 Å². The summed E-state index contributed by atoms with van der Waals surface area (Å²) in [4.78, 5) is 12.0. The molecule has 1 rings (SSSR count). The van der Waals surface area contributed by atoms with E-state index in [4.69, 9.17) is 15.2 Å². The molecule has 1 aromatic rings. The van der Waals surface area contributed by atoms with E-state index in [0.29, 0.717) is 43.4 Å². The summed E-state index contributed by atoms with van der Waals surface area (Å²) in [7, 11) is 0. The molecule has 0 atom stereocenters. The van der Waals surface area contributed by atoms with Gasteiger partial charge in [-0.25, -0.2) is 0 Å². The summed E-state index contributed by atoms with van der Waals surface area (Å²) in [6.07, 6.45) is 0. The van der Waals surface area contributed by atoms with Crippen molar-refractivity contribution in [2.45, 2.75) is 13.8 Å². The highest BCUT2D eigenvalue weighted by molar-refractivity contribution is 6.01. The largest absolute Gasteiger partial charge is 0.493 e. The molecule has 1 amide bonds. The Morgan fingerprint density at radius 1 is 1.33 bits per heavy atom. The molecule has 5 heteroatoms. The first-order chi connectivity index (χ1) is 8.70. The lowest BCUT2D eigenvalue weighted by atomic mass is 10.1. The van der Waals surface area contributed by atoms with E-state index in [1.807, 2.05) is 13.8 Å². The second kappa shape index (κ2) is 7.55. The van der Waals surface area contributed by atoms with Crippen LogP contribution in [0.15, 0.2) is 18.2 Å². The highest BCUT2D eigenvalue weighted by atomic mass is 16.5. The van der Waals surface area contributed by atoms with Crippen molar-refractivity contribution in [3.8, 4) is 5.75 Å². The van der Waals surface area contributed by atoms with Crippen LogP contribution in [0.25, 0.3) is 0 Å². The molecule has 0 saturated carbocycles. The predicted molar refractivity (Wildman–Crippen MR) is 70.8 cm³/mol. The lowest BCUT2D eigenvalue weighted by Gasteiger charge is -2.12. The highest BCUT2D eigenvalue weighted by Crippen LogP contribution is 2.24. The van der Waals surface area contributed by atoms with Gasteiger partial charge in [0.25, 0.3) is 5.91 Å². The molecule has 5 nitrogen and oxygen atoms in total. The number of carbonyl (C=O) groups excluding carboxylic acids is 1. The van der Waals surface area contributed by atoms with Crippen molar-refractivity contribution in [2.75, 3.05) is 32.1 Å². The summed E-state index contributed by atoms with van der Waals surface area (Å²) in [5, 5.41) is 2.75. The number of anilines is 1. The van der Waals surface area contributed by atoms with Crippen LogP contribution >= 0.6 is 0 Å². The third kappa shape index (κ3) is 3.92. The average molecular weight is 252 g/mol. The van der Waals surface area contributed by atoms with Crippen molar-refractivity contribution < 1.29 is 14.3 Å². The molecule has 0 bridgehead atoms. The second-order valence-electron chi connectivity index (χ2n) is 3.61. The van der Waals surface area contributed by atoms with E-state index >= 15 is 0 Å². The predicted octanol–water partition coefficient (Wildman–Crippen LogP) is 1.43. The summed E-state index contributed by atoms with van der Waals surface area (Å²) < 4.78 is 10.5. The molecule has 100 valence electrons. The number of rotatable bonds is 7. The second-order valence-corrected chi connectivity index (χ2v) is 3.61. The van der Waals surface area contributed by atoms with E-state index in [2.05, 4.69) is 5.32 Å². The number of nitrogen functional groups attached to an aromatic ring is 1. The van der Waals surface area contributed by atoms with Gasteiger partial charge < -0.3 is 20.5 Å². The molecule has 18 heavy (non-hydrogen) atoms. The molecule has 0 radical (unpaired) electrons. The van der Waals surface area contributed by atoms with Crippen LogP contribution in [0.1, 0.15) is 24.2 Å². The molecule has 0 heterocycles. The Hall–Kier alpha value is -1.75.